The van der Waals surface area contributed by atoms with Crippen molar-refractivity contribution in [3.63, 3.8) is 0 Å². The van der Waals surface area contributed by atoms with Gasteiger partial charge in [-0.2, -0.15) is 0 Å². The minimum atomic E-state index is -0.503. The fourth-order valence-corrected chi connectivity index (χ4v) is 2.02. The van der Waals surface area contributed by atoms with Crippen LogP contribution in [-0.4, -0.2) is 30.3 Å². The predicted octanol–water partition coefficient (Wildman–Crippen LogP) is 2.97. The topological polar surface area (TPSA) is 84.3 Å². The van der Waals surface area contributed by atoms with Crippen LogP contribution in [0.25, 0.3) is 10.4 Å². The van der Waals surface area contributed by atoms with Crippen molar-refractivity contribution in [2.75, 3.05) is 6.61 Å². The van der Waals surface area contributed by atoms with Gasteiger partial charge < -0.3 is 9.47 Å². The van der Waals surface area contributed by atoms with Gasteiger partial charge in [0.1, 0.15) is 12.2 Å². The van der Waals surface area contributed by atoms with Gasteiger partial charge in [0.05, 0.1) is 12.1 Å². The molecule has 0 heterocycles. The average Bonchev–Trinajstić information content (AvgIpc) is 2.26. The lowest BCUT2D eigenvalue weighted by Gasteiger charge is -2.28. The van der Waals surface area contributed by atoms with E-state index in [9.17, 15) is 4.79 Å². The molecule has 1 aliphatic rings. The van der Waals surface area contributed by atoms with Crippen LogP contribution in [0.15, 0.2) is 5.11 Å². The highest BCUT2D eigenvalue weighted by Gasteiger charge is 2.26. The Labute approximate surface area is 107 Å². The number of carbonyl (C=O) groups is 1. The normalized spacial score (nSPS) is 24.2. The molecule has 6 heteroatoms. The van der Waals surface area contributed by atoms with E-state index in [2.05, 4.69) is 10.0 Å². The van der Waals surface area contributed by atoms with Gasteiger partial charge in [-0.05, 0) is 39.1 Å². The molecule has 0 unspecified atom stereocenters. The molecule has 1 fully saturated rings. The Hall–Kier alpha value is -1.26. The summed E-state index contributed by atoms with van der Waals surface area (Å²) in [6.45, 7) is 5.36. The van der Waals surface area contributed by atoms with Gasteiger partial charge in [-0.25, -0.2) is 4.79 Å². The number of carbonyl (C=O) groups excluding carboxylic acids is 1. The van der Waals surface area contributed by atoms with E-state index < -0.39 is 5.60 Å². The number of hydrogen-bond donors (Lipinski definition) is 0. The molecule has 6 nitrogen and oxygen atoms in total. The second-order valence-corrected chi connectivity index (χ2v) is 5.49. The van der Waals surface area contributed by atoms with Crippen LogP contribution in [0.4, 0.5) is 0 Å². The summed E-state index contributed by atoms with van der Waals surface area (Å²) in [4.78, 5) is 14.3. The van der Waals surface area contributed by atoms with Crippen LogP contribution in [-0.2, 0) is 14.3 Å². The number of nitrogens with zero attached hydrogens (tertiary/aromatic N) is 3. The molecular formula is C12H21N3O3. The van der Waals surface area contributed by atoms with E-state index in [0.717, 1.165) is 25.7 Å². The molecule has 0 N–H and O–H groups in total. The SMILES string of the molecule is CC(C)(C)OC(=O)CO[C@H]1CCCC[C@@H]1N=[N+]=[N-]. The van der Waals surface area contributed by atoms with E-state index in [4.69, 9.17) is 15.0 Å². The van der Waals surface area contributed by atoms with E-state index in [0.29, 0.717) is 0 Å². The Balaban J connectivity index is 2.41. The summed E-state index contributed by atoms with van der Waals surface area (Å²) in [6, 6.07) is -0.161. The molecule has 2 atom stereocenters. The van der Waals surface area contributed by atoms with Crippen LogP contribution < -0.4 is 0 Å². The summed E-state index contributed by atoms with van der Waals surface area (Å²) in [7, 11) is 0. The second kappa shape index (κ2) is 6.61. The Morgan fingerprint density at radius 3 is 2.67 bits per heavy atom. The molecule has 0 aromatic heterocycles. The molecule has 0 radical (unpaired) electrons. The van der Waals surface area contributed by atoms with Gasteiger partial charge in [0.25, 0.3) is 0 Å². The van der Waals surface area contributed by atoms with Crippen LogP contribution >= 0.6 is 0 Å². The van der Waals surface area contributed by atoms with Crippen molar-refractivity contribution >= 4 is 5.97 Å². The number of rotatable bonds is 4. The Morgan fingerprint density at radius 1 is 1.39 bits per heavy atom. The fourth-order valence-electron chi connectivity index (χ4n) is 2.02. The smallest absolute Gasteiger partial charge is 0.332 e. The quantitative estimate of drug-likeness (QED) is 0.335. The molecule has 0 saturated heterocycles. The Kier molecular flexibility index (Phi) is 5.44. The zero-order chi connectivity index (χ0) is 13.6. The molecule has 0 aliphatic heterocycles. The minimum Gasteiger partial charge on any atom is -0.458 e. The molecule has 1 rings (SSSR count). The molecule has 0 aromatic carbocycles. The van der Waals surface area contributed by atoms with Crippen LogP contribution in [0.2, 0.25) is 0 Å². The molecule has 102 valence electrons. The summed E-state index contributed by atoms with van der Waals surface area (Å²) in [5, 5.41) is 3.72. The van der Waals surface area contributed by atoms with Crippen molar-refractivity contribution < 1.29 is 14.3 Å². The summed E-state index contributed by atoms with van der Waals surface area (Å²) < 4.78 is 10.7. The van der Waals surface area contributed by atoms with Gasteiger partial charge in [-0.1, -0.05) is 18.0 Å². The lowest BCUT2D eigenvalue weighted by Crippen LogP contribution is -2.34. The highest BCUT2D eigenvalue weighted by Crippen LogP contribution is 2.24. The Morgan fingerprint density at radius 2 is 2.06 bits per heavy atom. The monoisotopic (exact) mass is 255 g/mol. The van der Waals surface area contributed by atoms with Crippen LogP contribution in [0.1, 0.15) is 46.5 Å². The first kappa shape index (κ1) is 14.8. The van der Waals surface area contributed by atoms with Crippen molar-refractivity contribution in [2.45, 2.75) is 64.2 Å². The highest BCUT2D eigenvalue weighted by atomic mass is 16.6. The van der Waals surface area contributed by atoms with Crippen LogP contribution in [0, 0.1) is 0 Å². The third-order valence-electron chi connectivity index (χ3n) is 2.70. The van der Waals surface area contributed by atoms with Gasteiger partial charge in [-0.15, -0.1) is 0 Å². The van der Waals surface area contributed by atoms with Crippen LogP contribution in [0.5, 0.6) is 0 Å². The van der Waals surface area contributed by atoms with Crippen molar-refractivity contribution in [1.29, 1.82) is 0 Å². The van der Waals surface area contributed by atoms with E-state index in [1.807, 2.05) is 20.8 Å². The van der Waals surface area contributed by atoms with Gasteiger partial charge in [0.15, 0.2) is 0 Å². The Bertz CT molecular complexity index is 332. The van der Waals surface area contributed by atoms with Crippen molar-refractivity contribution in [2.24, 2.45) is 5.11 Å². The van der Waals surface area contributed by atoms with Gasteiger partial charge >= 0.3 is 5.97 Å². The number of azide groups is 1. The first-order valence-electron chi connectivity index (χ1n) is 6.30. The first-order valence-corrected chi connectivity index (χ1v) is 6.30. The molecule has 0 bridgehead atoms. The summed E-state index contributed by atoms with van der Waals surface area (Å²) >= 11 is 0. The van der Waals surface area contributed by atoms with Gasteiger partial charge in [0.2, 0.25) is 0 Å². The summed E-state index contributed by atoms with van der Waals surface area (Å²) in [5.41, 5.74) is 7.97. The first-order chi connectivity index (χ1) is 8.42. The lowest BCUT2D eigenvalue weighted by molar-refractivity contribution is -0.163. The number of hydrogen-bond acceptors (Lipinski definition) is 4. The fraction of sp³-hybridized carbons (Fsp3) is 0.917. The standard InChI is InChI=1S/C12H21N3O3/c1-12(2,3)18-11(16)8-17-10-7-5-4-6-9(10)14-15-13/h9-10H,4-8H2,1-3H3/t9-,10-/m0/s1. The molecule has 1 aliphatic carbocycles. The van der Waals surface area contributed by atoms with Gasteiger partial charge in [-0.3, -0.25) is 0 Å². The second-order valence-electron chi connectivity index (χ2n) is 5.49. The zero-order valence-corrected chi connectivity index (χ0v) is 11.3. The number of esters is 1. The maximum Gasteiger partial charge on any atom is 0.332 e. The minimum absolute atomic E-state index is 0.0839. The number of ether oxygens (including phenoxy) is 2. The largest absolute Gasteiger partial charge is 0.458 e. The molecule has 18 heavy (non-hydrogen) atoms. The highest BCUT2D eigenvalue weighted by molar-refractivity contribution is 5.71. The molecular weight excluding hydrogens is 234 g/mol. The zero-order valence-electron chi connectivity index (χ0n) is 11.3. The van der Waals surface area contributed by atoms with E-state index >= 15 is 0 Å². The van der Waals surface area contributed by atoms with Crippen molar-refractivity contribution in [1.82, 2.24) is 0 Å². The summed E-state index contributed by atoms with van der Waals surface area (Å²) in [5.74, 6) is -0.382. The lowest BCUT2D eigenvalue weighted by atomic mass is 9.93. The van der Waals surface area contributed by atoms with Crippen molar-refractivity contribution in [3.8, 4) is 0 Å². The maximum atomic E-state index is 11.5. The molecule has 0 spiro atoms. The van der Waals surface area contributed by atoms with E-state index in [1.54, 1.807) is 0 Å². The average molecular weight is 255 g/mol. The van der Waals surface area contributed by atoms with Gasteiger partial charge in [0, 0.05) is 4.91 Å². The molecule has 0 aromatic rings. The molecule has 0 amide bonds. The molecule has 1 saturated carbocycles. The predicted molar refractivity (Wildman–Crippen MR) is 67.0 cm³/mol. The summed E-state index contributed by atoms with van der Waals surface area (Å²) in [6.07, 6.45) is 3.56. The van der Waals surface area contributed by atoms with E-state index in [-0.39, 0.29) is 24.7 Å². The third kappa shape index (κ3) is 5.38. The maximum absolute atomic E-state index is 11.5. The van der Waals surface area contributed by atoms with Crippen LogP contribution in [0.3, 0.4) is 0 Å². The third-order valence-corrected chi connectivity index (χ3v) is 2.70. The van der Waals surface area contributed by atoms with Crippen molar-refractivity contribution in [3.05, 3.63) is 10.4 Å². The van der Waals surface area contributed by atoms with E-state index in [1.165, 1.54) is 0 Å².